The Bertz CT molecular complexity index is 1530. The number of rotatable bonds is 7. The van der Waals surface area contributed by atoms with Crippen molar-refractivity contribution >= 4 is 28.4 Å². The van der Waals surface area contributed by atoms with E-state index in [-0.39, 0.29) is 46.3 Å². The Morgan fingerprint density at radius 3 is 2.69 bits per heavy atom. The highest BCUT2D eigenvalue weighted by molar-refractivity contribution is 5.89. The normalized spacial score (nSPS) is 21.6. The number of fused-ring (bicyclic) bond motifs is 2. The van der Waals surface area contributed by atoms with E-state index < -0.39 is 31.0 Å². The summed E-state index contributed by atoms with van der Waals surface area (Å²) in [5.41, 5.74) is 7.15. The summed E-state index contributed by atoms with van der Waals surface area (Å²) >= 11 is 0. The molecule has 0 radical (unpaired) electrons. The number of aryl methyl sites for hydroxylation is 1. The van der Waals surface area contributed by atoms with Gasteiger partial charge in [0.15, 0.2) is 17.3 Å². The van der Waals surface area contributed by atoms with Crippen LogP contribution in [0.25, 0.3) is 27.9 Å². The van der Waals surface area contributed by atoms with E-state index in [1.807, 2.05) is 0 Å². The Morgan fingerprint density at radius 1 is 1.23 bits per heavy atom. The number of nitrogens with one attached hydrogen (secondary N) is 1. The Hall–Kier alpha value is -3.52. The van der Waals surface area contributed by atoms with Crippen molar-refractivity contribution in [3.05, 3.63) is 30.0 Å². The second kappa shape index (κ2) is 9.59. The average Bonchev–Trinajstić information content (AvgIpc) is 3.35. The van der Waals surface area contributed by atoms with Gasteiger partial charge >= 0.3 is 0 Å². The van der Waals surface area contributed by atoms with Crippen molar-refractivity contribution in [1.82, 2.24) is 34.0 Å². The van der Waals surface area contributed by atoms with Crippen molar-refractivity contribution in [2.45, 2.75) is 57.4 Å². The lowest BCUT2D eigenvalue weighted by Crippen LogP contribution is -2.66. The fraction of sp³-hybridized carbons (Fsp3) is 0.520. The van der Waals surface area contributed by atoms with Crippen LogP contribution in [0.15, 0.2) is 18.3 Å². The van der Waals surface area contributed by atoms with E-state index in [1.165, 1.54) is 9.08 Å². The summed E-state index contributed by atoms with van der Waals surface area (Å²) in [6.07, 6.45) is -1.21. The molecule has 0 aromatic carbocycles. The predicted molar refractivity (Wildman–Crippen MR) is 137 cm³/mol. The molecule has 4 aromatic heterocycles. The second-order valence-electron chi connectivity index (χ2n) is 10.2. The quantitative estimate of drug-likeness (QED) is 0.339. The van der Waals surface area contributed by atoms with Crippen LogP contribution >= 0.6 is 0 Å². The number of anilines is 2. The van der Waals surface area contributed by atoms with E-state index in [0.29, 0.717) is 37.5 Å². The molecule has 0 aliphatic carbocycles. The summed E-state index contributed by atoms with van der Waals surface area (Å²) in [7, 11) is 0. The van der Waals surface area contributed by atoms with Crippen LogP contribution in [0, 0.1) is 12.7 Å². The van der Waals surface area contributed by atoms with Gasteiger partial charge < -0.3 is 20.4 Å². The van der Waals surface area contributed by atoms with Crippen LogP contribution in [0.4, 0.5) is 29.3 Å². The van der Waals surface area contributed by atoms with Crippen molar-refractivity contribution in [2.75, 3.05) is 37.4 Å². The van der Waals surface area contributed by atoms with Gasteiger partial charge in [-0.1, -0.05) is 6.92 Å². The molecule has 2 aliphatic heterocycles. The number of nitrogen functional groups attached to an aromatic ring is 1. The molecule has 2 atom stereocenters. The molecule has 39 heavy (non-hydrogen) atoms. The molecular formula is C25H29F4N9O. The highest BCUT2D eigenvalue weighted by atomic mass is 19.3. The fourth-order valence-electron chi connectivity index (χ4n) is 5.61. The van der Waals surface area contributed by atoms with E-state index in [2.05, 4.69) is 37.2 Å². The van der Waals surface area contributed by atoms with Gasteiger partial charge in [-0.2, -0.15) is 4.98 Å². The van der Waals surface area contributed by atoms with Gasteiger partial charge in [-0.3, -0.25) is 4.90 Å². The molecule has 4 aromatic rings. The van der Waals surface area contributed by atoms with Gasteiger partial charge in [0.2, 0.25) is 5.95 Å². The molecule has 3 N–H and O–H groups in total. The molecule has 2 fully saturated rings. The van der Waals surface area contributed by atoms with Gasteiger partial charge in [0.25, 0.3) is 6.43 Å². The number of ether oxygens (including phenoxy) is 1. The third kappa shape index (κ3) is 4.35. The van der Waals surface area contributed by atoms with Gasteiger partial charge in [-0.05, 0) is 31.9 Å². The van der Waals surface area contributed by atoms with Gasteiger partial charge in [0, 0.05) is 13.1 Å². The predicted octanol–water partition coefficient (Wildman–Crippen LogP) is 3.44. The zero-order valence-corrected chi connectivity index (χ0v) is 21.5. The van der Waals surface area contributed by atoms with E-state index in [9.17, 15) is 8.78 Å². The lowest BCUT2D eigenvalue weighted by atomic mass is 9.88. The Balaban J connectivity index is 1.28. The molecule has 14 heteroatoms. The van der Waals surface area contributed by atoms with Crippen LogP contribution in [-0.2, 0) is 11.3 Å². The van der Waals surface area contributed by atoms with E-state index in [4.69, 9.17) is 10.5 Å². The maximum Gasteiger partial charge on any atom is 0.256 e. The lowest BCUT2D eigenvalue weighted by molar-refractivity contribution is -0.153. The minimum absolute atomic E-state index is 0.0324. The molecule has 0 saturated carbocycles. The number of pyridine rings is 1. The topological polar surface area (TPSA) is 111 Å². The Morgan fingerprint density at radius 2 is 2.03 bits per heavy atom. The van der Waals surface area contributed by atoms with Crippen LogP contribution < -0.4 is 11.1 Å². The van der Waals surface area contributed by atoms with Gasteiger partial charge in [-0.15, -0.1) is 5.10 Å². The first-order valence-corrected chi connectivity index (χ1v) is 12.9. The third-order valence-corrected chi connectivity index (χ3v) is 7.90. The number of likely N-dealkylation sites (tertiary alicyclic amines) is 1. The SMILES string of the molecule is CCC1(N2CC[C@H](Nc3nc(N)c4c(-c5ccc6nc(C)n(CC(F)F)c6n5)c(F)cn4n3)[C@H](F)C2)COC1. The number of hydrogen-bond donors (Lipinski definition) is 2. The summed E-state index contributed by atoms with van der Waals surface area (Å²) in [5, 5.41) is 7.37. The summed E-state index contributed by atoms with van der Waals surface area (Å²) in [5.74, 6) is -0.247. The third-order valence-electron chi connectivity index (χ3n) is 7.90. The van der Waals surface area contributed by atoms with Gasteiger partial charge in [-0.25, -0.2) is 32.0 Å². The summed E-state index contributed by atoms with van der Waals surface area (Å²) in [6, 6.07) is 2.60. The standard InChI is InChI=1S/C25H29F4N9O/c1-3-25(11-39-12-25)36-7-6-16(14(26)8-36)33-24-34-22(30)21-20(15(27)9-38(21)35-24)17-4-5-18-23(32-17)37(10-19(28)29)13(2)31-18/h4-5,9,14,16,19H,3,6-8,10-12H2,1-2H3,(H3,30,33,34,35)/t14-,16+/m1/s1. The number of imidazole rings is 1. The first-order chi connectivity index (χ1) is 18.7. The van der Waals surface area contributed by atoms with Gasteiger partial charge in [0.1, 0.15) is 23.0 Å². The number of nitrogens with zero attached hydrogens (tertiary/aromatic N) is 7. The molecule has 0 bridgehead atoms. The minimum Gasteiger partial charge on any atom is -0.382 e. The number of nitrogens with two attached hydrogens (primary N) is 1. The van der Waals surface area contributed by atoms with Crippen molar-refractivity contribution in [2.24, 2.45) is 0 Å². The van der Waals surface area contributed by atoms with Crippen molar-refractivity contribution in [3.63, 3.8) is 0 Å². The number of halogens is 4. The van der Waals surface area contributed by atoms with Crippen LogP contribution in [-0.4, -0.2) is 84.5 Å². The van der Waals surface area contributed by atoms with Gasteiger partial charge in [0.05, 0.1) is 48.8 Å². The lowest BCUT2D eigenvalue weighted by Gasteiger charge is -2.52. The molecule has 10 nitrogen and oxygen atoms in total. The van der Waals surface area contributed by atoms with E-state index in [0.717, 1.165) is 12.6 Å². The van der Waals surface area contributed by atoms with E-state index >= 15 is 8.78 Å². The number of piperidine rings is 1. The van der Waals surface area contributed by atoms with Crippen LogP contribution in [0.1, 0.15) is 25.6 Å². The summed E-state index contributed by atoms with van der Waals surface area (Å²) in [4.78, 5) is 15.1. The molecule has 0 amide bonds. The molecule has 0 spiro atoms. The second-order valence-corrected chi connectivity index (χ2v) is 10.2. The molecule has 6 heterocycles. The smallest absolute Gasteiger partial charge is 0.256 e. The average molecular weight is 548 g/mol. The Kier molecular flexibility index (Phi) is 6.33. The molecule has 6 rings (SSSR count). The number of alkyl halides is 3. The monoisotopic (exact) mass is 547 g/mol. The largest absolute Gasteiger partial charge is 0.382 e. The van der Waals surface area contributed by atoms with Crippen molar-refractivity contribution < 1.29 is 22.3 Å². The molecule has 208 valence electrons. The van der Waals surface area contributed by atoms with Crippen LogP contribution in [0.5, 0.6) is 0 Å². The number of aromatic nitrogens is 6. The molecule has 2 saturated heterocycles. The fourth-order valence-corrected chi connectivity index (χ4v) is 5.61. The van der Waals surface area contributed by atoms with Crippen molar-refractivity contribution in [3.8, 4) is 11.3 Å². The zero-order chi connectivity index (χ0) is 27.5. The molecular weight excluding hydrogens is 518 g/mol. The highest BCUT2D eigenvalue weighted by Gasteiger charge is 2.46. The Labute approximate surface area is 221 Å². The first kappa shape index (κ1) is 25.7. The van der Waals surface area contributed by atoms with Crippen LogP contribution in [0.2, 0.25) is 0 Å². The summed E-state index contributed by atoms with van der Waals surface area (Å²) in [6.45, 7) is 5.30. The molecule has 0 unspecified atom stereocenters. The van der Waals surface area contributed by atoms with Crippen LogP contribution in [0.3, 0.4) is 0 Å². The number of hydrogen-bond acceptors (Lipinski definition) is 8. The maximum atomic E-state index is 15.2. The minimum atomic E-state index is -2.61. The maximum absolute atomic E-state index is 15.2. The summed E-state index contributed by atoms with van der Waals surface area (Å²) < 4.78 is 64.6. The first-order valence-electron chi connectivity index (χ1n) is 12.9. The molecule has 2 aliphatic rings. The zero-order valence-electron chi connectivity index (χ0n) is 21.5. The van der Waals surface area contributed by atoms with Crippen molar-refractivity contribution in [1.29, 1.82) is 0 Å². The highest BCUT2D eigenvalue weighted by Crippen LogP contribution is 2.34. The van der Waals surface area contributed by atoms with E-state index in [1.54, 1.807) is 19.1 Å².